The number of hydrogen-bond donors (Lipinski definition) is 3. The standard InChI is InChI=1S/C25H25N3O6/c1-25(2,12-22(29)26-13-15-11-21(23(30)31)28-34-15)27-24(32)33-14-20-18-9-5-3-7-16(18)17-8-4-6-10-19(17)20/h3-11,20H,12-14H2,1-2H3,(H,26,29)(H,27,32)(H,30,31). The summed E-state index contributed by atoms with van der Waals surface area (Å²) in [7, 11) is 0. The van der Waals surface area contributed by atoms with Crippen molar-refractivity contribution in [3.8, 4) is 11.1 Å². The number of carboxylic acids is 1. The summed E-state index contributed by atoms with van der Waals surface area (Å²) in [4.78, 5) is 35.7. The fourth-order valence-electron chi connectivity index (χ4n) is 4.10. The Morgan fingerprint density at radius 1 is 1.06 bits per heavy atom. The Balaban J connectivity index is 1.29. The van der Waals surface area contributed by atoms with Gasteiger partial charge in [-0.3, -0.25) is 4.79 Å². The van der Waals surface area contributed by atoms with Gasteiger partial charge in [0.05, 0.1) is 6.54 Å². The van der Waals surface area contributed by atoms with Crippen LogP contribution in [0.15, 0.2) is 59.1 Å². The quantitative estimate of drug-likeness (QED) is 0.464. The molecule has 4 rings (SSSR count). The van der Waals surface area contributed by atoms with Crippen molar-refractivity contribution >= 4 is 18.0 Å². The smallest absolute Gasteiger partial charge is 0.407 e. The largest absolute Gasteiger partial charge is 0.476 e. The average molecular weight is 463 g/mol. The molecule has 2 amide bonds. The highest BCUT2D eigenvalue weighted by Crippen LogP contribution is 2.44. The second-order valence-corrected chi connectivity index (χ2v) is 8.77. The average Bonchev–Trinajstić information content (AvgIpc) is 3.39. The van der Waals surface area contributed by atoms with Crippen molar-refractivity contribution in [3.63, 3.8) is 0 Å². The van der Waals surface area contributed by atoms with Gasteiger partial charge in [0.1, 0.15) is 6.61 Å². The van der Waals surface area contributed by atoms with Crippen LogP contribution >= 0.6 is 0 Å². The van der Waals surface area contributed by atoms with Gasteiger partial charge in [0.2, 0.25) is 5.91 Å². The molecule has 0 radical (unpaired) electrons. The number of rotatable bonds is 8. The normalized spacial score (nSPS) is 12.5. The number of amides is 2. The number of aromatic nitrogens is 1. The lowest BCUT2D eigenvalue weighted by molar-refractivity contribution is -0.122. The van der Waals surface area contributed by atoms with Crippen molar-refractivity contribution < 1.29 is 28.8 Å². The summed E-state index contributed by atoms with van der Waals surface area (Å²) in [5.74, 6) is -1.40. The molecular weight excluding hydrogens is 438 g/mol. The molecule has 1 heterocycles. The van der Waals surface area contributed by atoms with Gasteiger partial charge in [-0.05, 0) is 36.1 Å². The molecule has 34 heavy (non-hydrogen) atoms. The third-order valence-electron chi connectivity index (χ3n) is 5.62. The maximum atomic E-state index is 12.5. The summed E-state index contributed by atoms with van der Waals surface area (Å²) < 4.78 is 10.4. The molecule has 0 aliphatic heterocycles. The summed E-state index contributed by atoms with van der Waals surface area (Å²) in [5, 5.41) is 17.6. The van der Waals surface area contributed by atoms with Crippen LogP contribution in [0.5, 0.6) is 0 Å². The number of nitrogens with one attached hydrogen (secondary N) is 2. The summed E-state index contributed by atoms with van der Waals surface area (Å²) in [6.45, 7) is 3.59. The van der Waals surface area contributed by atoms with Gasteiger partial charge in [-0.25, -0.2) is 9.59 Å². The predicted molar refractivity (Wildman–Crippen MR) is 122 cm³/mol. The molecule has 3 N–H and O–H groups in total. The minimum atomic E-state index is -1.21. The summed E-state index contributed by atoms with van der Waals surface area (Å²) in [5.41, 5.74) is 3.42. The lowest BCUT2D eigenvalue weighted by atomic mass is 9.98. The van der Waals surface area contributed by atoms with E-state index < -0.39 is 17.6 Å². The van der Waals surface area contributed by atoms with Crippen LogP contribution in [0.4, 0.5) is 4.79 Å². The van der Waals surface area contributed by atoms with E-state index in [0.717, 1.165) is 22.3 Å². The van der Waals surface area contributed by atoms with Gasteiger partial charge < -0.3 is 25.0 Å². The fraction of sp³-hybridized carbons (Fsp3) is 0.280. The Labute approximate surface area is 196 Å². The Kier molecular flexibility index (Phi) is 6.36. The zero-order valence-corrected chi connectivity index (χ0v) is 18.8. The molecule has 2 aromatic carbocycles. The first-order chi connectivity index (χ1) is 16.2. The molecule has 176 valence electrons. The lowest BCUT2D eigenvalue weighted by Gasteiger charge is -2.25. The summed E-state index contributed by atoms with van der Waals surface area (Å²) in [6.07, 6.45) is -0.627. The van der Waals surface area contributed by atoms with Crippen molar-refractivity contribution in [2.24, 2.45) is 0 Å². The maximum absolute atomic E-state index is 12.5. The number of carbonyl (C=O) groups excluding carboxylic acids is 2. The Morgan fingerprint density at radius 3 is 2.26 bits per heavy atom. The minimum Gasteiger partial charge on any atom is -0.476 e. The van der Waals surface area contributed by atoms with Gasteiger partial charge in [0.15, 0.2) is 11.5 Å². The highest BCUT2D eigenvalue weighted by atomic mass is 16.5. The SMILES string of the molecule is CC(C)(CC(=O)NCc1cc(C(=O)O)no1)NC(=O)OCC1c2ccccc2-c2ccccc21. The molecule has 9 heteroatoms. The van der Waals surface area contributed by atoms with Crippen LogP contribution in [-0.2, 0) is 16.1 Å². The number of ether oxygens (including phenoxy) is 1. The highest BCUT2D eigenvalue weighted by Gasteiger charge is 2.30. The molecule has 0 unspecified atom stereocenters. The minimum absolute atomic E-state index is 0.0138. The van der Waals surface area contributed by atoms with Crippen LogP contribution in [0.3, 0.4) is 0 Å². The van der Waals surface area contributed by atoms with Crippen LogP contribution in [0.1, 0.15) is 53.6 Å². The fourth-order valence-corrected chi connectivity index (χ4v) is 4.10. The van der Waals surface area contributed by atoms with Crippen LogP contribution in [0, 0.1) is 0 Å². The first-order valence-corrected chi connectivity index (χ1v) is 10.8. The van der Waals surface area contributed by atoms with Crippen LogP contribution in [-0.4, -0.2) is 40.4 Å². The third-order valence-corrected chi connectivity index (χ3v) is 5.62. The van der Waals surface area contributed by atoms with Crippen molar-refractivity contribution in [2.75, 3.05) is 6.61 Å². The number of hydrogen-bond acceptors (Lipinski definition) is 6. The monoisotopic (exact) mass is 463 g/mol. The molecule has 1 aliphatic carbocycles. The van der Waals surface area contributed by atoms with Crippen molar-refractivity contribution in [2.45, 2.75) is 38.3 Å². The van der Waals surface area contributed by atoms with E-state index in [1.54, 1.807) is 13.8 Å². The first-order valence-electron chi connectivity index (χ1n) is 10.8. The summed E-state index contributed by atoms with van der Waals surface area (Å²) >= 11 is 0. The van der Waals surface area contributed by atoms with E-state index >= 15 is 0 Å². The van der Waals surface area contributed by atoms with E-state index in [1.165, 1.54) is 6.07 Å². The number of aromatic carboxylic acids is 1. The van der Waals surface area contributed by atoms with Gasteiger partial charge in [0, 0.05) is 23.9 Å². The van der Waals surface area contributed by atoms with E-state index in [2.05, 4.69) is 27.9 Å². The van der Waals surface area contributed by atoms with E-state index in [1.807, 2.05) is 36.4 Å². The second-order valence-electron chi connectivity index (χ2n) is 8.77. The molecule has 0 fully saturated rings. The number of alkyl carbamates (subject to hydrolysis) is 1. The van der Waals surface area contributed by atoms with Crippen molar-refractivity contribution in [3.05, 3.63) is 77.2 Å². The third kappa shape index (κ3) is 5.09. The molecule has 0 bridgehead atoms. The number of carbonyl (C=O) groups is 3. The molecule has 0 spiro atoms. The maximum Gasteiger partial charge on any atom is 0.407 e. The zero-order valence-electron chi connectivity index (χ0n) is 18.8. The second kappa shape index (κ2) is 9.38. The Bertz CT molecular complexity index is 1190. The van der Waals surface area contributed by atoms with Crippen molar-refractivity contribution in [1.29, 1.82) is 0 Å². The topological polar surface area (TPSA) is 131 Å². The number of carboxylic acid groups (broad SMARTS) is 1. The number of fused-ring (bicyclic) bond motifs is 3. The first kappa shape index (κ1) is 23.0. The molecule has 0 saturated heterocycles. The number of nitrogens with zero attached hydrogens (tertiary/aromatic N) is 1. The Morgan fingerprint density at radius 2 is 1.68 bits per heavy atom. The molecule has 3 aromatic rings. The summed E-state index contributed by atoms with van der Waals surface area (Å²) in [6, 6.07) is 17.4. The van der Waals surface area contributed by atoms with E-state index in [-0.39, 0.29) is 42.9 Å². The van der Waals surface area contributed by atoms with Crippen LogP contribution in [0.2, 0.25) is 0 Å². The predicted octanol–water partition coefficient (Wildman–Crippen LogP) is 3.70. The van der Waals surface area contributed by atoms with E-state index in [4.69, 9.17) is 14.4 Å². The van der Waals surface area contributed by atoms with Crippen LogP contribution in [0.25, 0.3) is 11.1 Å². The zero-order chi connectivity index (χ0) is 24.3. The van der Waals surface area contributed by atoms with Crippen LogP contribution < -0.4 is 10.6 Å². The molecular formula is C25H25N3O6. The lowest BCUT2D eigenvalue weighted by Crippen LogP contribution is -2.47. The van der Waals surface area contributed by atoms with Gasteiger partial charge in [0.25, 0.3) is 0 Å². The Hall–Kier alpha value is -4.14. The van der Waals surface area contributed by atoms with Gasteiger partial charge >= 0.3 is 12.1 Å². The number of benzene rings is 2. The van der Waals surface area contributed by atoms with Gasteiger partial charge in [-0.1, -0.05) is 53.7 Å². The molecule has 9 nitrogen and oxygen atoms in total. The van der Waals surface area contributed by atoms with Crippen molar-refractivity contribution in [1.82, 2.24) is 15.8 Å². The highest BCUT2D eigenvalue weighted by molar-refractivity contribution is 5.85. The molecule has 1 aliphatic rings. The van der Waals surface area contributed by atoms with Gasteiger partial charge in [-0.2, -0.15) is 0 Å². The van der Waals surface area contributed by atoms with Gasteiger partial charge in [-0.15, -0.1) is 0 Å². The molecule has 0 atom stereocenters. The van der Waals surface area contributed by atoms with E-state index in [0.29, 0.717) is 0 Å². The molecule has 0 saturated carbocycles. The van der Waals surface area contributed by atoms with E-state index in [9.17, 15) is 14.4 Å². The molecule has 1 aromatic heterocycles.